The number of fused-ring (bicyclic) bond motifs is 1. The van der Waals surface area contributed by atoms with Crippen LogP contribution in [0.15, 0.2) is 47.4 Å². The number of carbonyl (C=O) groups is 1. The lowest BCUT2D eigenvalue weighted by atomic mass is 9.95. The van der Waals surface area contributed by atoms with E-state index in [-0.39, 0.29) is 23.5 Å². The number of hydrogen-bond donors (Lipinski definition) is 0. The average molecular weight is 419 g/mol. The number of amides is 1. The van der Waals surface area contributed by atoms with Crippen LogP contribution in [-0.2, 0) is 29.5 Å². The molecule has 0 bridgehead atoms. The van der Waals surface area contributed by atoms with Crippen molar-refractivity contribution in [1.29, 1.82) is 0 Å². The number of aromatic nitrogens is 4. The minimum atomic E-state index is -0.349. The maximum absolute atomic E-state index is 13.5. The van der Waals surface area contributed by atoms with Gasteiger partial charge in [-0.2, -0.15) is 10.2 Å². The number of benzene rings is 1. The van der Waals surface area contributed by atoms with Crippen molar-refractivity contribution in [3.63, 3.8) is 0 Å². The zero-order chi connectivity index (χ0) is 21.5. The molecule has 5 rings (SSSR count). The molecule has 0 N–H and O–H groups in total. The molecule has 0 spiro atoms. The van der Waals surface area contributed by atoms with Gasteiger partial charge < -0.3 is 9.64 Å². The zero-order valence-electron chi connectivity index (χ0n) is 17.7. The van der Waals surface area contributed by atoms with Crippen LogP contribution < -0.4 is 5.56 Å². The van der Waals surface area contributed by atoms with Gasteiger partial charge in [-0.05, 0) is 31.0 Å². The lowest BCUT2D eigenvalue weighted by Crippen LogP contribution is -2.42. The fourth-order valence-electron chi connectivity index (χ4n) is 4.58. The highest BCUT2D eigenvalue weighted by molar-refractivity contribution is 5.80. The van der Waals surface area contributed by atoms with Crippen molar-refractivity contribution in [3.8, 4) is 5.69 Å². The van der Waals surface area contributed by atoms with E-state index in [4.69, 9.17) is 4.74 Å². The molecule has 0 unspecified atom stereocenters. The topological polar surface area (TPSA) is 82.2 Å². The fraction of sp³-hybridized carbons (Fsp3) is 0.391. The molecule has 1 aromatic carbocycles. The second kappa shape index (κ2) is 7.77. The van der Waals surface area contributed by atoms with Crippen molar-refractivity contribution < 1.29 is 9.53 Å². The van der Waals surface area contributed by atoms with E-state index in [0.29, 0.717) is 32.5 Å². The molecular weight excluding hydrogens is 394 g/mol. The number of rotatable bonds is 3. The summed E-state index contributed by atoms with van der Waals surface area (Å²) in [4.78, 5) is 27.3. The molecule has 0 radical (unpaired) electrons. The molecule has 31 heavy (non-hydrogen) atoms. The van der Waals surface area contributed by atoms with Gasteiger partial charge >= 0.3 is 0 Å². The van der Waals surface area contributed by atoms with Crippen LogP contribution in [0.4, 0.5) is 0 Å². The zero-order valence-corrected chi connectivity index (χ0v) is 17.7. The van der Waals surface area contributed by atoms with E-state index in [0.717, 1.165) is 28.2 Å². The Labute approximate surface area is 180 Å². The molecule has 3 aromatic rings. The van der Waals surface area contributed by atoms with Gasteiger partial charge in [-0.1, -0.05) is 18.2 Å². The smallest absolute Gasteiger partial charge is 0.266 e. The van der Waals surface area contributed by atoms with Crippen LogP contribution in [0.3, 0.4) is 0 Å². The first-order valence-electron chi connectivity index (χ1n) is 10.6. The van der Waals surface area contributed by atoms with E-state index in [1.54, 1.807) is 19.3 Å². The summed E-state index contributed by atoms with van der Waals surface area (Å²) in [6, 6.07) is 11.6. The summed E-state index contributed by atoms with van der Waals surface area (Å²) in [5.41, 5.74) is 4.55. The maximum atomic E-state index is 13.5. The molecule has 160 valence electrons. The predicted octanol–water partition coefficient (Wildman–Crippen LogP) is 1.94. The monoisotopic (exact) mass is 419 g/mol. The van der Waals surface area contributed by atoms with E-state index in [1.165, 1.54) is 4.68 Å². The van der Waals surface area contributed by atoms with Crippen LogP contribution in [0.2, 0.25) is 0 Å². The first-order chi connectivity index (χ1) is 15.0. The highest BCUT2D eigenvalue weighted by Gasteiger charge is 2.40. The van der Waals surface area contributed by atoms with Crippen molar-refractivity contribution >= 4 is 5.91 Å². The molecule has 2 atom stereocenters. The van der Waals surface area contributed by atoms with Crippen molar-refractivity contribution in [2.75, 3.05) is 13.2 Å². The molecule has 1 fully saturated rings. The minimum absolute atomic E-state index is 0.0614. The third-order valence-electron chi connectivity index (χ3n) is 6.27. The standard InChI is InChI=1S/C23H25N5O3/c1-15-5-3-4-6-19(15)28-20(7-10-24-28)22-17(9-12-31-22)23(30)27-11-8-18-16(14-27)13-21(29)26(2)25-18/h3-7,10,13,17,22H,8-9,11-12,14H2,1-2H3/t17-,22-/m0/s1. The summed E-state index contributed by atoms with van der Waals surface area (Å²) in [5.74, 6) is -0.216. The van der Waals surface area contributed by atoms with Crippen LogP contribution in [-0.4, -0.2) is 43.5 Å². The number of carbonyl (C=O) groups excluding carboxylic acids is 1. The molecule has 0 aliphatic carbocycles. The number of hydrogen-bond acceptors (Lipinski definition) is 5. The molecule has 2 aromatic heterocycles. The second-order valence-electron chi connectivity index (χ2n) is 8.23. The third-order valence-corrected chi connectivity index (χ3v) is 6.27. The Hall–Kier alpha value is -3.26. The Bertz CT molecular complexity index is 1200. The van der Waals surface area contributed by atoms with E-state index in [2.05, 4.69) is 10.2 Å². The number of aryl methyl sites for hydroxylation is 2. The van der Waals surface area contributed by atoms with Gasteiger partial charge in [-0.25, -0.2) is 9.36 Å². The summed E-state index contributed by atoms with van der Waals surface area (Å²) < 4.78 is 9.29. The number of ether oxygens (including phenoxy) is 1. The molecule has 1 amide bonds. The van der Waals surface area contributed by atoms with Crippen molar-refractivity contribution in [3.05, 3.63) is 75.5 Å². The van der Waals surface area contributed by atoms with Gasteiger partial charge in [-0.15, -0.1) is 0 Å². The van der Waals surface area contributed by atoms with Crippen LogP contribution in [0.25, 0.3) is 5.69 Å². The van der Waals surface area contributed by atoms with Gasteiger partial charge in [0.25, 0.3) is 5.56 Å². The highest BCUT2D eigenvalue weighted by atomic mass is 16.5. The van der Waals surface area contributed by atoms with Crippen LogP contribution in [0.1, 0.15) is 35.0 Å². The Balaban J connectivity index is 1.41. The van der Waals surface area contributed by atoms with Gasteiger partial charge in [0.15, 0.2) is 0 Å². The van der Waals surface area contributed by atoms with Gasteiger partial charge in [0.05, 0.1) is 23.0 Å². The normalized spacial score (nSPS) is 20.6. The molecule has 8 nitrogen and oxygen atoms in total. The Morgan fingerprint density at radius 1 is 1.23 bits per heavy atom. The van der Waals surface area contributed by atoms with Crippen molar-refractivity contribution in [2.45, 2.75) is 32.4 Å². The average Bonchev–Trinajstić information content (AvgIpc) is 3.43. The van der Waals surface area contributed by atoms with Crippen LogP contribution in [0, 0.1) is 12.8 Å². The fourth-order valence-corrected chi connectivity index (χ4v) is 4.58. The summed E-state index contributed by atoms with van der Waals surface area (Å²) >= 11 is 0. The molecule has 2 aliphatic heterocycles. The summed E-state index contributed by atoms with van der Waals surface area (Å²) in [6.45, 7) is 3.59. The molecular formula is C23H25N5O3. The minimum Gasteiger partial charge on any atom is -0.371 e. The predicted molar refractivity (Wildman–Crippen MR) is 114 cm³/mol. The number of nitrogens with zero attached hydrogens (tertiary/aromatic N) is 5. The first-order valence-corrected chi connectivity index (χ1v) is 10.6. The molecule has 0 saturated carbocycles. The molecule has 8 heteroatoms. The first kappa shape index (κ1) is 19.7. The Kier molecular flexibility index (Phi) is 4.94. The second-order valence-corrected chi connectivity index (χ2v) is 8.23. The van der Waals surface area contributed by atoms with E-state index in [1.807, 2.05) is 46.8 Å². The Morgan fingerprint density at radius 3 is 2.90 bits per heavy atom. The quantitative estimate of drug-likeness (QED) is 0.648. The van der Waals surface area contributed by atoms with Crippen LogP contribution >= 0.6 is 0 Å². The van der Waals surface area contributed by atoms with Crippen LogP contribution in [0.5, 0.6) is 0 Å². The van der Waals surface area contributed by atoms with Crippen molar-refractivity contribution in [1.82, 2.24) is 24.5 Å². The lowest BCUT2D eigenvalue weighted by Gasteiger charge is -2.31. The maximum Gasteiger partial charge on any atom is 0.266 e. The van der Waals surface area contributed by atoms with Crippen molar-refractivity contribution in [2.24, 2.45) is 13.0 Å². The highest BCUT2D eigenvalue weighted by Crippen LogP contribution is 2.37. The lowest BCUT2D eigenvalue weighted by molar-refractivity contribution is -0.138. The summed E-state index contributed by atoms with van der Waals surface area (Å²) in [7, 11) is 1.65. The third kappa shape index (κ3) is 3.46. The summed E-state index contributed by atoms with van der Waals surface area (Å²) in [5, 5.41) is 8.86. The summed E-state index contributed by atoms with van der Waals surface area (Å²) in [6.07, 6.45) is 2.72. The van der Waals surface area contributed by atoms with E-state index >= 15 is 0 Å². The number of para-hydroxylation sites is 1. The van der Waals surface area contributed by atoms with E-state index < -0.39 is 0 Å². The van der Waals surface area contributed by atoms with Gasteiger partial charge in [0.2, 0.25) is 5.91 Å². The van der Waals surface area contributed by atoms with Gasteiger partial charge in [0, 0.05) is 51.0 Å². The van der Waals surface area contributed by atoms with E-state index in [9.17, 15) is 9.59 Å². The van der Waals surface area contributed by atoms with Gasteiger partial charge in [0.1, 0.15) is 6.10 Å². The SMILES string of the molecule is Cc1ccccc1-n1nccc1[C@H]1OCC[C@@H]1C(=O)N1CCc2nn(C)c(=O)cc2C1. The Morgan fingerprint density at radius 2 is 2.06 bits per heavy atom. The largest absolute Gasteiger partial charge is 0.371 e. The molecule has 4 heterocycles. The van der Waals surface area contributed by atoms with Gasteiger partial charge in [-0.3, -0.25) is 9.59 Å². The molecule has 2 aliphatic rings. The molecule has 1 saturated heterocycles.